The van der Waals surface area contributed by atoms with E-state index in [1.165, 1.54) is 5.56 Å². The number of hydrogen-bond donors (Lipinski definition) is 1. The summed E-state index contributed by atoms with van der Waals surface area (Å²) in [5, 5.41) is 7.38. The lowest BCUT2D eigenvalue weighted by molar-refractivity contribution is 0.675. The smallest absolute Gasteiger partial charge is 0.0898 e. The van der Waals surface area contributed by atoms with Gasteiger partial charge in [0.2, 0.25) is 0 Å². The Morgan fingerprint density at radius 1 is 1.38 bits per heavy atom. The van der Waals surface area contributed by atoms with Gasteiger partial charge in [-0.3, -0.25) is 0 Å². The fourth-order valence-corrected chi connectivity index (χ4v) is 3.14. The summed E-state index contributed by atoms with van der Waals surface area (Å²) < 4.78 is 0. The Kier molecular flexibility index (Phi) is 6.03. The molecular weight excluding hydrogens is 302 g/mol. The number of benzene rings is 1. The van der Waals surface area contributed by atoms with Crippen LogP contribution in [0.15, 0.2) is 23.6 Å². The topological polar surface area (TPSA) is 28.2 Å². The lowest BCUT2D eigenvalue weighted by Gasteiger charge is -2.20. The quantitative estimate of drug-likeness (QED) is 0.772. The zero-order chi connectivity index (χ0) is 15.2. The highest BCUT2D eigenvalue weighted by molar-refractivity contribution is 7.09. The summed E-state index contributed by atoms with van der Waals surface area (Å²) in [7, 11) is 2.05. The highest BCUT2D eigenvalue weighted by Crippen LogP contribution is 2.27. The monoisotopic (exact) mass is 323 g/mol. The van der Waals surface area contributed by atoms with Crippen LogP contribution < -0.4 is 10.2 Å². The molecule has 1 heterocycles. The molecule has 1 aromatic carbocycles. The molecule has 1 N–H and O–H groups in total. The molecule has 2 aromatic rings. The molecule has 0 aliphatic rings. The van der Waals surface area contributed by atoms with Gasteiger partial charge >= 0.3 is 0 Å². The largest absolute Gasteiger partial charge is 0.367 e. The molecule has 0 saturated heterocycles. The van der Waals surface area contributed by atoms with Crippen LogP contribution in [0.4, 0.5) is 5.69 Å². The molecule has 0 saturated carbocycles. The van der Waals surface area contributed by atoms with Crippen LogP contribution >= 0.6 is 22.9 Å². The van der Waals surface area contributed by atoms with Crippen LogP contribution in [-0.2, 0) is 13.1 Å². The molecule has 1 aromatic heterocycles. The van der Waals surface area contributed by atoms with Crippen molar-refractivity contribution in [3.05, 3.63) is 44.9 Å². The van der Waals surface area contributed by atoms with E-state index in [1.54, 1.807) is 11.3 Å². The third-order valence-corrected chi connectivity index (χ3v) is 4.37. The number of nitrogens with zero attached hydrogens (tertiary/aromatic N) is 2. The number of rotatable bonds is 7. The Balaban J connectivity index is 2.02. The van der Waals surface area contributed by atoms with Crippen molar-refractivity contribution in [1.82, 2.24) is 10.3 Å². The number of nitrogens with one attached hydrogen (secondary N) is 1. The fourth-order valence-electron chi connectivity index (χ4n) is 2.19. The van der Waals surface area contributed by atoms with Gasteiger partial charge in [-0.05, 0) is 37.6 Å². The van der Waals surface area contributed by atoms with Gasteiger partial charge in [0.1, 0.15) is 0 Å². The van der Waals surface area contributed by atoms with Crippen LogP contribution in [0.1, 0.15) is 29.6 Å². The normalized spacial score (nSPS) is 10.9. The highest BCUT2D eigenvalue weighted by atomic mass is 35.5. The van der Waals surface area contributed by atoms with Crippen LogP contribution in [0.3, 0.4) is 0 Å². The van der Waals surface area contributed by atoms with E-state index >= 15 is 0 Å². The van der Waals surface area contributed by atoms with Crippen molar-refractivity contribution in [3.63, 3.8) is 0 Å². The molecule has 0 atom stereocenters. The standard InChI is InChI=1S/C16H22ClN3S/c1-4-7-18-9-13-5-6-16(15(17)8-13)20(3)10-14-11-21-12(2)19-14/h5-6,8,11,18H,4,7,9-10H2,1-3H3. The van der Waals surface area contributed by atoms with Gasteiger partial charge in [0.15, 0.2) is 0 Å². The molecule has 21 heavy (non-hydrogen) atoms. The van der Waals surface area contributed by atoms with E-state index < -0.39 is 0 Å². The van der Waals surface area contributed by atoms with Gasteiger partial charge in [-0.25, -0.2) is 4.98 Å². The number of thiazole rings is 1. The molecule has 3 nitrogen and oxygen atoms in total. The first-order valence-electron chi connectivity index (χ1n) is 7.21. The molecule has 0 amide bonds. The lowest BCUT2D eigenvalue weighted by atomic mass is 10.2. The van der Waals surface area contributed by atoms with Crippen molar-refractivity contribution in [3.8, 4) is 0 Å². The van der Waals surface area contributed by atoms with Crippen LogP contribution in [-0.4, -0.2) is 18.6 Å². The molecule has 0 unspecified atom stereocenters. The first kappa shape index (κ1) is 16.3. The average molecular weight is 324 g/mol. The molecule has 0 fully saturated rings. The van der Waals surface area contributed by atoms with E-state index in [2.05, 4.69) is 39.6 Å². The first-order valence-corrected chi connectivity index (χ1v) is 8.47. The Morgan fingerprint density at radius 3 is 2.81 bits per heavy atom. The number of aromatic nitrogens is 1. The van der Waals surface area contributed by atoms with Crippen molar-refractivity contribution in [2.24, 2.45) is 0 Å². The molecular formula is C16H22ClN3S. The van der Waals surface area contributed by atoms with Crippen LogP contribution in [0.25, 0.3) is 0 Å². The van der Waals surface area contributed by atoms with E-state index in [1.807, 2.05) is 20.0 Å². The van der Waals surface area contributed by atoms with Crippen molar-refractivity contribution < 1.29 is 0 Å². The summed E-state index contributed by atoms with van der Waals surface area (Å²) in [6, 6.07) is 6.26. The number of halogens is 1. The maximum absolute atomic E-state index is 6.42. The number of hydrogen-bond acceptors (Lipinski definition) is 4. The minimum Gasteiger partial charge on any atom is -0.367 e. The number of aryl methyl sites for hydroxylation is 1. The molecule has 114 valence electrons. The van der Waals surface area contributed by atoms with Gasteiger partial charge < -0.3 is 10.2 Å². The fraction of sp³-hybridized carbons (Fsp3) is 0.438. The molecule has 0 radical (unpaired) electrons. The Hall–Kier alpha value is -1.10. The van der Waals surface area contributed by atoms with E-state index in [-0.39, 0.29) is 0 Å². The SMILES string of the molecule is CCCNCc1ccc(N(C)Cc2csc(C)n2)c(Cl)c1. The van der Waals surface area contributed by atoms with E-state index in [9.17, 15) is 0 Å². The summed E-state index contributed by atoms with van der Waals surface area (Å²) in [5.41, 5.74) is 3.35. The van der Waals surface area contributed by atoms with Crippen molar-refractivity contribution in [1.29, 1.82) is 0 Å². The highest BCUT2D eigenvalue weighted by Gasteiger charge is 2.09. The number of anilines is 1. The Labute approximate surface area is 136 Å². The predicted molar refractivity (Wildman–Crippen MR) is 92.4 cm³/mol. The molecule has 5 heteroatoms. The lowest BCUT2D eigenvalue weighted by Crippen LogP contribution is -2.18. The van der Waals surface area contributed by atoms with Crippen LogP contribution in [0.5, 0.6) is 0 Å². The maximum Gasteiger partial charge on any atom is 0.0898 e. The van der Waals surface area contributed by atoms with Crippen molar-refractivity contribution >= 4 is 28.6 Å². The Bertz CT molecular complexity index is 583. The van der Waals surface area contributed by atoms with Gasteiger partial charge in [-0.1, -0.05) is 24.6 Å². The minimum atomic E-state index is 0.775. The van der Waals surface area contributed by atoms with Crippen molar-refractivity contribution in [2.45, 2.75) is 33.4 Å². The molecule has 2 rings (SSSR count). The molecule has 0 spiro atoms. The van der Waals surface area contributed by atoms with Crippen LogP contribution in [0, 0.1) is 6.92 Å². The van der Waals surface area contributed by atoms with Gasteiger partial charge in [-0.2, -0.15) is 0 Å². The zero-order valence-corrected chi connectivity index (χ0v) is 14.4. The third kappa shape index (κ3) is 4.70. The Morgan fingerprint density at radius 2 is 2.19 bits per heavy atom. The second-order valence-corrected chi connectivity index (χ2v) is 6.65. The van der Waals surface area contributed by atoms with Crippen LogP contribution in [0.2, 0.25) is 5.02 Å². The second kappa shape index (κ2) is 7.78. The zero-order valence-electron chi connectivity index (χ0n) is 12.8. The molecule has 0 bridgehead atoms. The molecule has 0 aliphatic heterocycles. The summed E-state index contributed by atoms with van der Waals surface area (Å²) in [6.07, 6.45) is 1.14. The predicted octanol–water partition coefficient (Wildman–Crippen LogP) is 4.24. The second-order valence-electron chi connectivity index (χ2n) is 5.18. The summed E-state index contributed by atoms with van der Waals surface area (Å²) >= 11 is 8.10. The van der Waals surface area contributed by atoms with Gasteiger partial charge in [0, 0.05) is 19.0 Å². The van der Waals surface area contributed by atoms with E-state index in [0.717, 1.165) is 47.5 Å². The summed E-state index contributed by atoms with van der Waals surface area (Å²) in [6.45, 7) is 6.86. The summed E-state index contributed by atoms with van der Waals surface area (Å²) in [4.78, 5) is 6.64. The van der Waals surface area contributed by atoms with E-state index in [4.69, 9.17) is 11.6 Å². The van der Waals surface area contributed by atoms with Gasteiger partial charge in [0.05, 0.1) is 28.0 Å². The maximum atomic E-state index is 6.42. The van der Waals surface area contributed by atoms with Gasteiger partial charge in [-0.15, -0.1) is 11.3 Å². The van der Waals surface area contributed by atoms with Crippen molar-refractivity contribution in [2.75, 3.05) is 18.5 Å². The van der Waals surface area contributed by atoms with Gasteiger partial charge in [0.25, 0.3) is 0 Å². The third-order valence-electron chi connectivity index (χ3n) is 3.24. The molecule has 0 aliphatic carbocycles. The first-order chi connectivity index (χ1) is 10.1. The summed E-state index contributed by atoms with van der Waals surface area (Å²) in [5.74, 6) is 0. The minimum absolute atomic E-state index is 0.775. The average Bonchev–Trinajstić information content (AvgIpc) is 2.84. The van der Waals surface area contributed by atoms with E-state index in [0.29, 0.717) is 0 Å².